The van der Waals surface area contributed by atoms with Crippen molar-refractivity contribution in [3.8, 4) is 11.5 Å². The smallest absolute Gasteiger partial charge is 0.412 e. The third-order valence-corrected chi connectivity index (χ3v) is 4.69. The number of para-hydroxylation sites is 1. The van der Waals surface area contributed by atoms with Gasteiger partial charge in [-0.1, -0.05) is 12.1 Å². The molecule has 0 saturated heterocycles. The maximum Gasteiger partial charge on any atom is 0.412 e. The van der Waals surface area contributed by atoms with Crippen LogP contribution < -0.4 is 16.3 Å². The minimum Gasteiger partial charge on any atom is -0.459 e. The molecule has 0 aliphatic rings. The molecule has 3 rings (SSSR count). The molecule has 0 fully saturated rings. The molecule has 9 nitrogen and oxygen atoms in total. The monoisotopic (exact) mass is 481 g/mol. The number of hydrogen-bond acceptors (Lipinski definition) is 8. The molecule has 0 radical (unpaired) electrons. The average molecular weight is 482 g/mol. The maximum absolute atomic E-state index is 12.9. The number of fused-ring (bicyclic) bond motifs is 1. The molecule has 0 bridgehead atoms. The Labute approximate surface area is 203 Å². The number of nitrogens with zero attached hydrogens (tertiary/aromatic N) is 1. The van der Waals surface area contributed by atoms with Crippen LogP contribution in [0.15, 0.2) is 45.6 Å². The first kappa shape index (κ1) is 25.7. The predicted octanol–water partition coefficient (Wildman–Crippen LogP) is 5.26. The largest absolute Gasteiger partial charge is 0.459 e. The molecule has 0 unspecified atom stereocenters. The van der Waals surface area contributed by atoms with Gasteiger partial charge in [-0.15, -0.1) is 0 Å². The highest BCUT2D eigenvalue weighted by Crippen LogP contribution is 2.29. The van der Waals surface area contributed by atoms with Crippen molar-refractivity contribution in [2.75, 3.05) is 17.2 Å². The molecule has 0 atom stereocenters. The Morgan fingerprint density at radius 1 is 0.943 bits per heavy atom. The first-order valence-electron chi connectivity index (χ1n) is 11.2. The van der Waals surface area contributed by atoms with Gasteiger partial charge in [0.05, 0.1) is 16.5 Å². The van der Waals surface area contributed by atoms with Crippen LogP contribution in [0.4, 0.5) is 16.2 Å². The number of benzene rings is 2. The lowest BCUT2D eigenvalue weighted by Gasteiger charge is -2.20. The number of ether oxygens (including phenoxy) is 2. The van der Waals surface area contributed by atoms with E-state index in [1.54, 1.807) is 84.9 Å². The van der Waals surface area contributed by atoms with Gasteiger partial charge in [0.25, 0.3) is 0 Å². The van der Waals surface area contributed by atoms with Gasteiger partial charge in [-0.05, 0) is 78.3 Å². The highest BCUT2D eigenvalue weighted by Gasteiger charge is 2.20. The van der Waals surface area contributed by atoms with Crippen molar-refractivity contribution in [2.45, 2.75) is 59.7 Å². The fraction of sp³-hybridized carbons (Fsp3) is 0.385. The maximum atomic E-state index is 12.9. The summed E-state index contributed by atoms with van der Waals surface area (Å²) in [4.78, 5) is 41.8. The second kappa shape index (κ2) is 9.77. The van der Waals surface area contributed by atoms with E-state index in [9.17, 15) is 14.4 Å². The normalized spacial score (nSPS) is 11.7. The van der Waals surface area contributed by atoms with Gasteiger partial charge in [0.2, 0.25) is 5.89 Å². The van der Waals surface area contributed by atoms with Crippen LogP contribution in [-0.2, 0) is 14.3 Å². The summed E-state index contributed by atoms with van der Waals surface area (Å²) in [5.74, 6) is -0.317. The van der Waals surface area contributed by atoms with Gasteiger partial charge in [0, 0.05) is 11.4 Å². The second-order valence-electron chi connectivity index (χ2n) is 10.1. The number of anilines is 2. The summed E-state index contributed by atoms with van der Waals surface area (Å²) in [6, 6.07) is 10.3. The van der Waals surface area contributed by atoms with Crippen LogP contribution in [0.1, 0.15) is 47.1 Å². The van der Waals surface area contributed by atoms with E-state index in [1.807, 2.05) is 0 Å². The summed E-state index contributed by atoms with van der Waals surface area (Å²) in [7, 11) is 0. The zero-order chi connectivity index (χ0) is 26.0. The van der Waals surface area contributed by atoms with Crippen molar-refractivity contribution < 1.29 is 23.5 Å². The van der Waals surface area contributed by atoms with Crippen LogP contribution in [0.2, 0.25) is 0 Å². The van der Waals surface area contributed by atoms with E-state index in [-0.39, 0.29) is 17.8 Å². The predicted molar refractivity (Wildman–Crippen MR) is 135 cm³/mol. The molecule has 1 heterocycles. The number of nitrogens with one attached hydrogen (secondary N) is 2. The number of aromatic nitrogens is 1. The Morgan fingerprint density at radius 2 is 1.60 bits per heavy atom. The molecule has 0 aliphatic heterocycles. The molecular formula is C26H31N3O6. The Kier molecular flexibility index (Phi) is 7.19. The van der Waals surface area contributed by atoms with E-state index in [0.29, 0.717) is 28.0 Å². The number of carbonyl (C=O) groups is 2. The zero-order valence-corrected chi connectivity index (χ0v) is 21.1. The Morgan fingerprint density at radius 3 is 2.26 bits per heavy atom. The topological polar surface area (TPSA) is 120 Å². The number of aryl methyl sites for hydroxylation is 1. The molecule has 1 aromatic heterocycles. The summed E-state index contributed by atoms with van der Waals surface area (Å²) < 4.78 is 16.2. The van der Waals surface area contributed by atoms with Gasteiger partial charge >= 0.3 is 17.7 Å². The van der Waals surface area contributed by atoms with Crippen molar-refractivity contribution in [1.29, 1.82) is 0 Å². The van der Waals surface area contributed by atoms with Crippen LogP contribution in [-0.4, -0.2) is 34.8 Å². The first-order chi connectivity index (χ1) is 16.2. The summed E-state index contributed by atoms with van der Waals surface area (Å²) >= 11 is 0. The number of rotatable bonds is 5. The molecule has 35 heavy (non-hydrogen) atoms. The molecule has 2 aromatic carbocycles. The quantitative estimate of drug-likeness (QED) is 0.473. The molecule has 2 N–H and O–H groups in total. The van der Waals surface area contributed by atoms with Crippen molar-refractivity contribution in [3.05, 3.63) is 52.4 Å². The minimum absolute atomic E-state index is 0.0646. The number of carbonyl (C=O) groups excluding carboxylic acids is 2. The van der Waals surface area contributed by atoms with Crippen LogP contribution in [0.3, 0.4) is 0 Å². The second-order valence-corrected chi connectivity index (χ2v) is 10.1. The summed E-state index contributed by atoms with van der Waals surface area (Å²) in [6.07, 6.45) is -0.626. The van der Waals surface area contributed by atoms with Crippen LogP contribution >= 0.6 is 0 Å². The van der Waals surface area contributed by atoms with Crippen molar-refractivity contribution in [3.63, 3.8) is 0 Å². The summed E-state index contributed by atoms with van der Waals surface area (Å²) in [6.45, 7) is 12.3. The van der Waals surface area contributed by atoms with E-state index in [1.165, 1.54) is 0 Å². The summed E-state index contributed by atoms with van der Waals surface area (Å²) in [5.41, 5.74) is 0.570. The standard InChI is InChI=1S/C26H31N3O6/c1-15-17(29-24(32)35-26(5,6)7)12-13-19-21(15)23(31)33-22(28-19)16-10-8-9-11-18(16)27-14-20(30)34-25(2,3)4/h8-13,27H,14H2,1-7H3,(H,29,32). The van der Waals surface area contributed by atoms with Gasteiger partial charge in [-0.2, -0.15) is 0 Å². The van der Waals surface area contributed by atoms with E-state index in [4.69, 9.17) is 13.9 Å². The minimum atomic E-state index is -0.658. The van der Waals surface area contributed by atoms with Gasteiger partial charge in [-0.25, -0.2) is 14.6 Å². The van der Waals surface area contributed by atoms with Crippen LogP contribution in [0.5, 0.6) is 0 Å². The fourth-order valence-corrected chi connectivity index (χ4v) is 3.35. The van der Waals surface area contributed by atoms with Gasteiger partial charge in [0.1, 0.15) is 17.7 Å². The van der Waals surface area contributed by atoms with Crippen LogP contribution in [0, 0.1) is 6.92 Å². The first-order valence-corrected chi connectivity index (χ1v) is 11.2. The average Bonchev–Trinajstić information content (AvgIpc) is 2.71. The van der Waals surface area contributed by atoms with Crippen molar-refractivity contribution in [2.24, 2.45) is 0 Å². The Hall–Kier alpha value is -3.88. The molecule has 0 saturated carbocycles. The fourth-order valence-electron chi connectivity index (χ4n) is 3.35. The van der Waals surface area contributed by atoms with E-state index in [0.717, 1.165) is 0 Å². The summed E-state index contributed by atoms with van der Waals surface area (Å²) in [5, 5.41) is 5.94. The lowest BCUT2D eigenvalue weighted by atomic mass is 10.1. The van der Waals surface area contributed by atoms with Crippen molar-refractivity contribution in [1.82, 2.24) is 4.98 Å². The van der Waals surface area contributed by atoms with Crippen molar-refractivity contribution >= 4 is 34.3 Å². The molecule has 0 spiro atoms. The third-order valence-electron chi connectivity index (χ3n) is 4.69. The van der Waals surface area contributed by atoms with Gasteiger partial charge in [-0.3, -0.25) is 10.1 Å². The SMILES string of the molecule is Cc1c(NC(=O)OC(C)(C)C)ccc2nc(-c3ccccc3NCC(=O)OC(C)(C)C)oc(=O)c12. The number of amides is 1. The van der Waals surface area contributed by atoms with Crippen LogP contribution in [0.25, 0.3) is 22.4 Å². The highest BCUT2D eigenvalue weighted by molar-refractivity contribution is 5.93. The zero-order valence-electron chi connectivity index (χ0n) is 21.1. The molecule has 9 heteroatoms. The van der Waals surface area contributed by atoms with E-state index < -0.39 is 28.9 Å². The lowest BCUT2D eigenvalue weighted by Crippen LogP contribution is -2.28. The molecule has 186 valence electrons. The van der Waals surface area contributed by atoms with Gasteiger partial charge in [0.15, 0.2) is 0 Å². The molecule has 0 aliphatic carbocycles. The van der Waals surface area contributed by atoms with Gasteiger partial charge < -0.3 is 19.2 Å². The van der Waals surface area contributed by atoms with E-state index in [2.05, 4.69) is 15.6 Å². The third kappa shape index (κ3) is 6.81. The molecule has 3 aromatic rings. The Balaban J connectivity index is 1.91. The van der Waals surface area contributed by atoms with E-state index >= 15 is 0 Å². The Bertz CT molecular complexity index is 1320. The number of esters is 1. The number of hydrogen-bond donors (Lipinski definition) is 2. The molecular weight excluding hydrogens is 450 g/mol. The highest BCUT2D eigenvalue weighted by atomic mass is 16.6. The lowest BCUT2D eigenvalue weighted by molar-refractivity contribution is -0.152. The molecule has 1 amide bonds.